The molecule has 0 fully saturated rings. The highest BCUT2D eigenvalue weighted by Gasteiger charge is 2.19. The molecule has 0 aromatic heterocycles. The van der Waals surface area contributed by atoms with Gasteiger partial charge in [-0.25, -0.2) is 0 Å². The lowest BCUT2D eigenvalue weighted by atomic mass is 9.86. The molecule has 1 rings (SSSR count). The zero-order valence-electron chi connectivity index (χ0n) is 15.0. The highest BCUT2D eigenvalue weighted by Crippen LogP contribution is 2.25. The first-order chi connectivity index (χ1) is 10.1. The van der Waals surface area contributed by atoms with Crippen LogP contribution in [0.3, 0.4) is 0 Å². The summed E-state index contributed by atoms with van der Waals surface area (Å²) in [4.78, 5) is 0. The van der Waals surface area contributed by atoms with Gasteiger partial charge in [0.25, 0.3) is 0 Å². The van der Waals surface area contributed by atoms with Gasteiger partial charge < -0.3 is 10.2 Å². The van der Waals surface area contributed by atoms with Crippen molar-refractivity contribution in [3.05, 3.63) is 36.0 Å². The van der Waals surface area contributed by atoms with Crippen LogP contribution in [-0.4, -0.2) is 21.4 Å². The summed E-state index contributed by atoms with van der Waals surface area (Å²) in [5, 5.41) is 20.8. The van der Waals surface area contributed by atoms with Crippen molar-refractivity contribution in [3.63, 3.8) is 0 Å². The molecule has 126 valence electrons. The van der Waals surface area contributed by atoms with Gasteiger partial charge >= 0.3 is 0 Å². The van der Waals surface area contributed by atoms with E-state index in [9.17, 15) is 10.2 Å². The quantitative estimate of drug-likeness (QED) is 0.684. The van der Waals surface area contributed by atoms with E-state index in [2.05, 4.69) is 32.9 Å². The Hall–Kier alpha value is -0.860. The van der Waals surface area contributed by atoms with Crippen LogP contribution in [0.5, 0.6) is 0 Å². The van der Waals surface area contributed by atoms with Gasteiger partial charge in [0.2, 0.25) is 0 Å². The molecule has 0 saturated heterocycles. The van der Waals surface area contributed by atoms with Gasteiger partial charge in [0.15, 0.2) is 0 Å². The van der Waals surface area contributed by atoms with E-state index in [-0.39, 0.29) is 0 Å². The van der Waals surface area contributed by atoms with Crippen LogP contribution < -0.4 is 0 Å². The number of hydrogen-bond donors (Lipinski definition) is 2. The fraction of sp³-hybridized carbons (Fsp3) is 0.700. The number of hydrogen-bond acceptors (Lipinski definition) is 2. The van der Waals surface area contributed by atoms with Crippen LogP contribution in [0.25, 0.3) is 0 Å². The molecular weight excluding hydrogens is 272 g/mol. The topological polar surface area (TPSA) is 40.5 Å². The molecule has 1 aliphatic carbocycles. The van der Waals surface area contributed by atoms with E-state index in [1.54, 1.807) is 0 Å². The third kappa shape index (κ3) is 7.42. The van der Waals surface area contributed by atoms with Crippen molar-refractivity contribution in [2.24, 2.45) is 11.8 Å². The molecule has 0 unspecified atom stereocenters. The van der Waals surface area contributed by atoms with Crippen LogP contribution in [0.2, 0.25) is 0 Å². The van der Waals surface area contributed by atoms with Crippen LogP contribution in [0.15, 0.2) is 36.0 Å². The Labute approximate surface area is 136 Å². The monoisotopic (exact) mass is 306 g/mol. The zero-order valence-corrected chi connectivity index (χ0v) is 15.0. The smallest absolute Gasteiger partial charge is 0.0834 e. The van der Waals surface area contributed by atoms with E-state index in [0.717, 1.165) is 19.3 Å². The molecule has 0 amide bonds. The molecule has 0 radical (unpaired) electrons. The highest BCUT2D eigenvalue weighted by atomic mass is 16.3. The maximum Gasteiger partial charge on any atom is 0.0834 e. The molecule has 0 aromatic carbocycles. The molecule has 2 heteroatoms. The maximum absolute atomic E-state index is 10.5. The largest absolute Gasteiger partial charge is 0.386 e. The standard InChI is InChI=1S/C20H34O2/c1-16(2)18-10-9-17(3)8-6-12-19(4,21)13-7-14-20(5,22)15-11-18/h7-8,11,13,15-16,18,21-22H,6,9-10,12,14H2,1-5H3/b13-7+,15-11+,17-8+/t18-,19-,20-/m1/s1. The van der Waals surface area contributed by atoms with Gasteiger partial charge in [-0.15, -0.1) is 0 Å². The maximum atomic E-state index is 10.5. The Bertz CT molecular complexity index is 425. The number of rotatable bonds is 1. The average Bonchev–Trinajstić information content (AvgIpc) is 2.36. The number of aliphatic hydroxyl groups is 2. The molecular formula is C20H34O2. The SMILES string of the molecule is C/C1=C\CC[C@@](C)(O)/C=C/C[C@@](C)(O)/C=C/[C@H](C(C)C)CC1. The molecule has 0 spiro atoms. The summed E-state index contributed by atoms with van der Waals surface area (Å²) in [7, 11) is 0. The molecule has 0 saturated carbocycles. The average molecular weight is 306 g/mol. The van der Waals surface area contributed by atoms with Crippen molar-refractivity contribution in [1.82, 2.24) is 0 Å². The zero-order chi connectivity index (χ0) is 16.8. The fourth-order valence-electron chi connectivity index (χ4n) is 2.79. The Morgan fingerprint density at radius 3 is 2.45 bits per heavy atom. The Balaban J connectivity index is 2.96. The van der Waals surface area contributed by atoms with Crippen LogP contribution in [0, 0.1) is 11.8 Å². The van der Waals surface area contributed by atoms with E-state index in [4.69, 9.17) is 0 Å². The van der Waals surface area contributed by atoms with Crippen LogP contribution >= 0.6 is 0 Å². The first-order valence-electron chi connectivity index (χ1n) is 8.59. The van der Waals surface area contributed by atoms with Crippen molar-refractivity contribution >= 4 is 0 Å². The van der Waals surface area contributed by atoms with Crippen molar-refractivity contribution in [2.75, 3.05) is 0 Å². The fourth-order valence-corrected chi connectivity index (χ4v) is 2.79. The molecule has 0 bridgehead atoms. The first-order valence-corrected chi connectivity index (χ1v) is 8.59. The Morgan fingerprint density at radius 2 is 1.82 bits per heavy atom. The lowest BCUT2D eigenvalue weighted by Crippen LogP contribution is -2.23. The summed E-state index contributed by atoms with van der Waals surface area (Å²) in [5.41, 5.74) is -0.266. The molecule has 0 aliphatic heterocycles. The molecule has 1 aliphatic rings. The highest BCUT2D eigenvalue weighted by molar-refractivity contribution is 5.09. The van der Waals surface area contributed by atoms with Gasteiger partial charge in [0, 0.05) is 0 Å². The summed E-state index contributed by atoms with van der Waals surface area (Å²) >= 11 is 0. The first kappa shape index (κ1) is 19.2. The van der Waals surface area contributed by atoms with Gasteiger partial charge in [-0.05, 0) is 64.7 Å². The molecule has 3 atom stereocenters. The van der Waals surface area contributed by atoms with Gasteiger partial charge in [-0.2, -0.15) is 0 Å². The van der Waals surface area contributed by atoms with Gasteiger partial charge in [-0.3, -0.25) is 0 Å². The summed E-state index contributed by atoms with van der Waals surface area (Å²) in [6.07, 6.45) is 14.4. The number of allylic oxidation sites excluding steroid dienone is 3. The van der Waals surface area contributed by atoms with Crippen LogP contribution in [-0.2, 0) is 0 Å². The lowest BCUT2D eigenvalue weighted by molar-refractivity contribution is 0.0985. The minimum atomic E-state index is -0.852. The summed E-state index contributed by atoms with van der Waals surface area (Å²) < 4.78 is 0. The van der Waals surface area contributed by atoms with E-state index < -0.39 is 11.2 Å². The third-order valence-electron chi connectivity index (χ3n) is 4.58. The minimum absolute atomic E-state index is 0.491. The van der Waals surface area contributed by atoms with Crippen molar-refractivity contribution in [3.8, 4) is 0 Å². The predicted octanol–water partition coefficient (Wildman–Crippen LogP) is 4.78. The second kappa shape index (κ2) is 8.12. The lowest BCUT2D eigenvalue weighted by Gasteiger charge is -2.23. The Kier molecular flexibility index (Phi) is 7.08. The molecule has 2 nitrogen and oxygen atoms in total. The van der Waals surface area contributed by atoms with Crippen molar-refractivity contribution < 1.29 is 10.2 Å². The summed E-state index contributed by atoms with van der Waals surface area (Å²) in [6, 6.07) is 0. The summed E-state index contributed by atoms with van der Waals surface area (Å²) in [5.74, 6) is 1.06. The predicted molar refractivity (Wildman–Crippen MR) is 94.7 cm³/mol. The molecule has 0 heterocycles. The second-order valence-corrected chi connectivity index (χ2v) is 7.72. The van der Waals surface area contributed by atoms with Crippen LogP contribution in [0.4, 0.5) is 0 Å². The van der Waals surface area contributed by atoms with Gasteiger partial charge in [-0.1, -0.05) is 49.8 Å². The second-order valence-electron chi connectivity index (χ2n) is 7.72. The van der Waals surface area contributed by atoms with Crippen molar-refractivity contribution in [1.29, 1.82) is 0 Å². The van der Waals surface area contributed by atoms with E-state index in [1.807, 2.05) is 32.1 Å². The molecule has 0 aromatic rings. The molecule has 22 heavy (non-hydrogen) atoms. The minimum Gasteiger partial charge on any atom is -0.386 e. The summed E-state index contributed by atoms with van der Waals surface area (Å²) in [6.45, 7) is 10.3. The molecule has 2 N–H and O–H groups in total. The van der Waals surface area contributed by atoms with Gasteiger partial charge in [0.1, 0.15) is 0 Å². The normalized spacial score (nSPS) is 40.5. The van der Waals surface area contributed by atoms with Gasteiger partial charge in [0.05, 0.1) is 11.2 Å². The third-order valence-corrected chi connectivity index (χ3v) is 4.58. The van der Waals surface area contributed by atoms with E-state index >= 15 is 0 Å². The van der Waals surface area contributed by atoms with Crippen LogP contribution in [0.1, 0.15) is 66.7 Å². The van der Waals surface area contributed by atoms with E-state index in [1.165, 1.54) is 5.57 Å². The van der Waals surface area contributed by atoms with E-state index in [0.29, 0.717) is 24.7 Å². The Morgan fingerprint density at radius 1 is 1.14 bits per heavy atom. The van der Waals surface area contributed by atoms with Crippen molar-refractivity contribution in [2.45, 2.75) is 77.9 Å².